The summed E-state index contributed by atoms with van der Waals surface area (Å²) >= 11 is 0. The van der Waals surface area contributed by atoms with Gasteiger partial charge in [-0.2, -0.15) is 0 Å². The number of halogens is 1. The van der Waals surface area contributed by atoms with Gasteiger partial charge >= 0.3 is 5.97 Å². The van der Waals surface area contributed by atoms with Crippen LogP contribution < -0.4 is 4.74 Å². The van der Waals surface area contributed by atoms with Crippen LogP contribution >= 0.6 is 0 Å². The van der Waals surface area contributed by atoms with E-state index in [1.54, 1.807) is 6.92 Å². The number of hydrogen-bond acceptors (Lipinski definition) is 5. The highest BCUT2D eigenvalue weighted by molar-refractivity contribution is 5.90. The standard InChI is InChI=1S/C11H9FN2O4/c1-6-9(14-18-13-6)5-17-10-3-2-7(12)4-8(10)11(15)16/h2-4H,5H2,1H3,(H,15,16). The number of aromatic nitrogens is 2. The van der Waals surface area contributed by atoms with E-state index in [2.05, 4.69) is 14.9 Å². The van der Waals surface area contributed by atoms with Crippen LogP contribution in [0.5, 0.6) is 5.75 Å². The maximum Gasteiger partial charge on any atom is 0.339 e. The van der Waals surface area contributed by atoms with Crippen molar-refractivity contribution in [3.63, 3.8) is 0 Å². The lowest BCUT2D eigenvalue weighted by Crippen LogP contribution is -2.04. The van der Waals surface area contributed by atoms with Crippen LogP contribution in [0.1, 0.15) is 21.7 Å². The lowest BCUT2D eigenvalue weighted by molar-refractivity contribution is 0.0691. The van der Waals surface area contributed by atoms with Crippen molar-refractivity contribution in [2.45, 2.75) is 13.5 Å². The van der Waals surface area contributed by atoms with E-state index in [0.29, 0.717) is 11.4 Å². The molecule has 0 aliphatic heterocycles. The van der Waals surface area contributed by atoms with Crippen LogP contribution in [0, 0.1) is 12.7 Å². The average Bonchev–Trinajstić information content (AvgIpc) is 2.73. The smallest absolute Gasteiger partial charge is 0.339 e. The molecule has 0 saturated carbocycles. The number of rotatable bonds is 4. The van der Waals surface area contributed by atoms with Crippen LogP contribution in [-0.4, -0.2) is 21.4 Å². The van der Waals surface area contributed by atoms with Gasteiger partial charge in [0.15, 0.2) is 0 Å². The summed E-state index contributed by atoms with van der Waals surface area (Å²) in [6, 6.07) is 3.27. The molecule has 2 aromatic rings. The number of carboxylic acids is 1. The van der Waals surface area contributed by atoms with E-state index in [-0.39, 0.29) is 17.9 Å². The zero-order chi connectivity index (χ0) is 13.1. The molecule has 0 fully saturated rings. The highest BCUT2D eigenvalue weighted by atomic mass is 19.1. The number of ether oxygens (including phenoxy) is 1. The minimum atomic E-state index is -1.26. The summed E-state index contributed by atoms with van der Waals surface area (Å²) in [7, 11) is 0. The SMILES string of the molecule is Cc1nonc1COc1ccc(F)cc1C(=O)O. The second-order valence-electron chi connectivity index (χ2n) is 3.53. The molecule has 0 aliphatic rings. The van der Waals surface area contributed by atoms with Crippen molar-refractivity contribution < 1.29 is 23.7 Å². The van der Waals surface area contributed by atoms with Gasteiger partial charge in [-0.1, -0.05) is 10.3 Å². The molecular weight excluding hydrogens is 243 g/mol. The molecule has 1 heterocycles. The predicted octanol–water partition coefficient (Wildman–Crippen LogP) is 1.79. The number of benzene rings is 1. The Labute approximate surface area is 101 Å². The maximum atomic E-state index is 12.9. The summed E-state index contributed by atoms with van der Waals surface area (Å²) in [6.07, 6.45) is 0. The van der Waals surface area contributed by atoms with Gasteiger partial charge in [-0.05, 0) is 25.1 Å². The first kappa shape index (κ1) is 12.0. The van der Waals surface area contributed by atoms with E-state index in [1.807, 2.05) is 0 Å². The van der Waals surface area contributed by atoms with E-state index in [4.69, 9.17) is 9.84 Å². The predicted molar refractivity (Wildman–Crippen MR) is 56.7 cm³/mol. The summed E-state index contributed by atoms with van der Waals surface area (Å²) in [5.41, 5.74) is 0.758. The number of nitrogens with zero attached hydrogens (tertiary/aromatic N) is 2. The lowest BCUT2D eigenvalue weighted by Gasteiger charge is -2.07. The fraction of sp³-hybridized carbons (Fsp3) is 0.182. The summed E-state index contributed by atoms with van der Waals surface area (Å²) in [5.74, 6) is -1.84. The van der Waals surface area contributed by atoms with Gasteiger partial charge in [-0.15, -0.1) is 0 Å². The Morgan fingerprint density at radius 3 is 2.89 bits per heavy atom. The van der Waals surface area contributed by atoms with Crippen molar-refractivity contribution in [1.82, 2.24) is 10.3 Å². The molecule has 7 heteroatoms. The molecule has 18 heavy (non-hydrogen) atoms. The first-order valence-electron chi connectivity index (χ1n) is 5.01. The Morgan fingerprint density at radius 1 is 1.50 bits per heavy atom. The van der Waals surface area contributed by atoms with Gasteiger partial charge in [0.2, 0.25) is 0 Å². The van der Waals surface area contributed by atoms with Gasteiger partial charge in [0.25, 0.3) is 0 Å². The number of aryl methyl sites for hydroxylation is 1. The maximum absolute atomic E-state index is 12.9. The molecule has 94 valence electrons. The van der Waals surface area contributed by atoms with Gasteiger partial charge in [0, 0.05) is 0 Å². The molecule has 6 nitrogen and oxygen atoms in total. The summed E-state index contributed by atoms with van der Waals surface area (Å²) < 4.78 is 22.7. The summed E-state index contributed by atoms with van der Waals surface area (Å²) in [4.78, 5) is 10.9. The summed E-state index contributed by atoms with van der Waals surface area (Å²) in [5, 5.41) is 16.1. The van der Waals surface area contributed by atoms with Crippen molar-refractivity contribution >= 4 is 5.97 Å². The minimum Gasteiger partial charge on any atom is -0.486 e. The Hall–Kier alpha value is -2.44. The third-order valence-corrected chi connectivity index (χ3v) is 2.28. The molecule has 1 aromatic carbocycles. The van der Waals surface area contributed by atoms with Gasteiger partial charge < -0.3 is 9.84 Å². The molecule has 2 rings (SSSR count). The van der Waals surface area contributed by atoms with E-state index in [1.165, 1.54) is 6.07 Å². The van der Waals surface area contributed by atoms with Crippen molar-refractivity contribution in [2.24, 2.45) is 0 Å². The average molecular weight is 252 g/mol. The zero-order valence-corrected chi connectivity index (χ0v) is 9.38. The Bertz CT molecular complexity index is 582. The lowest BCUT2D eigenvalue weighted by atomic mass is 10.2. The van der Waals surface area contributed by atoms with Crippen molar-refractivity contribution in [3.05, 3.63) is 41.0 Å². The second kappa shape index (κ2) is 4.82. The zero-order valence-electron chi connectivity index (χ0n) is 9.38. The van der Waals surface area contributed by atoms with Crippen molar-refractivity contribution in [2.75, 3.05) is 0 Å². The second-order valence-corrected chi connectivity index (χ2v) is 3.53. The van der Waals surface area contributed by atoms with Gasteiger partial charge in [0.1, 0.15) is 35.1 Å². The molecule has 0 atom stereocenters. The molecule has 0 unspecified atom stereocenters. The molecular formula is C11H9FN2O4. The molecule has 0 aliphatic carbocycles. The van der Waals surface area contributed by atoms with Gasteiger partial charge in [-0.25, -0.2) is 13.8 Å². The van der Waals surface area contributed by atoms with E-state index in [9.17, 15) is 9.18 Å². The van der Waals surface area contributed by atoms with Crippen molar-refractivity contribution in [3.8, 4) is 5.75 Å². The van der Waals surface area contributed by atoms with Crippen LogP contribution in [0.3, 0.4) is 0 Å². The first-order chi connectivity index (χ1) is 8.58. The fourth-order valence-electron chi connectivity index (χ4n) is 1.32. The van der Waals surface area contributed by atoms with Crippen LogP contribution in [0.15, 0.2) is 22.8 Å². The van der Waals surface area contributed by atoms with Crippen LogP contribution in [0.25, 0.3) is 0 Å². The largest absolute Gasteiger partial charge is 0.486 e. The van der Waals surface area contributed by atoms with Crippen LogP contribution in [-0.2, 0) is 6.61 Å². The first-order valence-corrected chi connectivity index (χ1v) is 5.01. The third-order valence-electron chi connectivity index (χ3n) is 2.28. The molecule has 0 spiro atoms. The minimum absolute atomic E-state index is 0.00124. The highest BCUT2D eigenvalue weighted by Gasteiger charge is 2.14. The molecule has 1 N–H and O–H groups in total. The van der Waals surface area contributed by atoms with Gasteiger partial charge in [0.05, 0.1) is 0 Å². The molecule has 0 radical (unpaired) electrons. The molecule has 0 amide bonds. The van der Waals surface area contributed by atoms with Crippen LogP contribution in [0.2, 0.25) is 0 Å². The summed E-state index contributed by atoms with van der Waals surface area (Å²) in [6.45, 7) is 1.68. The molecule has 1 aromatic heterocycles. The van der Waals surface area contributed by atoms with E-state index in [0.717, 1.165) is 12.1 Å². The number of aromatic carboxylic acids is 1. The number of hydrogen-bond donors (Lipinski definition) is 1. The van der Waals surface area contributed by atoms with Gasteiger partial charge in [-0.3, -0.25) is 0 Å². The van der Waals surface area contributed by atoms with Crippen molar-refractivity contribution in [1.29, 1.82) is 0 Å². The fourth-order valence-corrected chi connectivity index (χ4v) is 1.32. The molecule has 0 saturated heterocycles. The molecule has 0 bridgehead atoms. The third kappa shape index (κ3) is 2.45. The number of carboxylic acid groups (broad SMARTS) is 1. The Kier molecular flexibility index (Phi) is 3.22. The number of carbonyl (C=O) groups is 1. The highest BCUT2D eigenvalue weighted by Crippen LogP contribution is 2.21. The topological polar surface area (TPSA) is 85.5 Å². The Morgan fingerprint density at radius 2 is 2.28 bits per heavy atom. The van der Waals surface area contributed by atoms with Crippen LogP contribution in [0.4, 0.5) is 4.39 Å². The normalized spacial score (nSPS) is 10.3. The quantitative estimate of drug-likeness (QED) is 0.892. The monoisotopic (exact) mass is 252 g/mol. The van der Waals surface area contributed by atoms with E-state index >= 15 is 0 Å². The Balaban J connectivity index is 2.19. The van der Waals surface area contributed by atoms with E-state index < -0.39 is 11.8 Å².